The van der Waals surface area contributed by atoms with Crippen molar-refractivity contribution in [1.82, 2.24) is 34.7 Å². The Morgan fingerprint density at radius 3 is 2.33 bits per heavy atom. The zero-order valence-electron chi connectivity index (χ0n) is 37.0. The molecule has 4 aromatic heterocycles. The summed E-state index contributed by atoms with van der Waals surface area (Å²) in [5.41, 5.74) is 2.58. The lowest BCUT2D eigenvalue weighted by Crippen LogP contribution is -2.49. The zero-order chi connectivity index (χ0) is 46.7. The molecule has 1 aromatic carbocycles. The van der Waals surface area contributed by atoms with E-state index in [1.807, 2.05) is 12.1 Å². The molecule has 5 aromatic rings. The second kappa shape index (κ2) is 22.0. The molecule has 4 N–H and O–H groups in total. The van der Waals surface area contributed by atoms with Crippen molar-refractivity contribution < 1.29 is 33.6 Å². The number of hydrogen-bond donors (Lipinski definition) is 4. The van der Waals surface area contributed by atoms with Gasteiger partial charge in [-0.15, -0.1) is 0 Å². The summed E-state index contributed by atoms with van der Waals surface area (Å²) in [6.45, 7) is 9.03. The summed E-state index contributed by atoms with van der Waals surface area (Å²) < 4.78 is 12.8. The highest BCUT2D eigenvalue weighted by Gasteiger charge is 2.27. The quantitative estimate of drug-likeness (QED) is 0.0354. The van der Waals surface area contributed by atoms with Gasteiger partial charge in [0, 0.05) is 50.3 Å². The van der Waals surface area contributed by atoms with E-state index < -0.39 is 10.8 Å². The number of nitrogens with one attached hydrogen (secondary N) is 4. The zero-order valence-corrected chi connectivity index (χ0v) is 37.8. The number of aryl methyl sites for hydroxylation is 2. The van der Waals surface area contributed by atoms with E-state index in [1.54, 1.807) is 42.1 Å². The Hall–Kier alpha value is -6.75. The van der Waals surface area contributed by atoms with Crippen LogP contribution in [0.15, 0.2) is 53.6 Å². The van der Waals surface area contributed by atoms with E-state index >= 15 is 0 Å². The van der Waals surface area contributed by atoms with Gasteiger partial charge in [0.15, 0.2) is 10.9 Å². The average Bonchev–Trinajstić information content (AvgIpc) is 3.96. The van der Waals surface area contributed by atoms with E-state index in [2.05, 4.69) is 46.0 Å². The predicted octanol–water partition coefficient (Wildman–Crippen LogP) is 4.78. The molecule has 0 bridgehead atoms. The standard InChI is InChI=1S/C44H52N12O9S/c1-27-33-25-47-43(51-39(33)55(30-8-4-5-9-30)41(61)38(27)29(3)57)50-35-13-12-31(24-46-35)54-18-16-53(17-19-54)26-37(59)45-15-21-65-23-22-64-20-14-36(58)49-34-11-7-6-10-32(34)40(60)52-44-48-28(2)42(66-44)56(62)63/h6-7,10-13,24-25,30H,4-5,8-9,14-23,26H2,1-3H3,(H,45,59)(H,49,58)(H,48,52,60)(H,46,47,50,51). The summed E-state index contributed by atoms with van der Waals surface area (Å²) in [5, 5.41) is 23.0. The van der Waals surface area contributed by atoms with Crippen molar-refractivity contribution in [3.05, 3.63) is 91.6 Å². The van der Waals surface area contributed by atoms with E-state index in [0.717, 1.165) is 42.7 Å². The molecule has 348 valence electrons. The highest BCUT2D eigenvalue weighted by molar-refractivity contribution is 7.19. The minimum Gasteiger partial charge on any atom is -0.379 e. The lowest BCUT2D eigenvalue weighted by Gasteiger charge is -2.35. The number of hydrogen-bond acceptors (Lipinski definition) is 17. The summed E-state index contributed by atoms with van der Waals surface area (Å²) >= 11 is 0.750. The molecule has 1 aliphatic heterocycles. The van der Waals surface area contributed by atoms with Crippen LogP contribution in [0, 0.1) is 24.0 Å². The number of nitrogens with zero attached hydrogens (tertiary/aromatic N) is 8. The molecule has 2 aliphatic rings. The number of carbonyl (C=O) groups excluding carboxylic acids is 4. The molecule has 0 atom stereocenters. The molecule has 1 saturated carbocycles. The number of nitro groups is 1. The number of para-hydroxylation sites is 1. The van der Waals surface area contributed by atoms with Crippen LogP contribution in [0.25, 0.3) is 11.0 Å². The topological polar surface area (TPSA) is 258 Å². The number of Topliss-reactive ketones (excluding diaryl/α,β-unsaturated/α-hetero) is 1. The minimum absolute atomic E-state index is 0.0152. The van der Waals surface area contributed by atoms with Gasteiger partial charge in [0.05, 0.1) is 73.0 Å². The molecule has 0 unspecified atom stereocenters. The number of aromatic nitrogens is 5. The Balaban J connectivity index is 0.762. The van der Waals surface area contributed by atoms with Crippen molar-refractivity contribution in [2.45, 2.75) is 58.9 Å². The maximum absolute atomic E-state index is 13.6. The molecule has 0 spiro atoms. The van der Waals surface area contributed by atoms with Gasteiger partial charge in [-0.3, -0.25) is 48.9 Å². The summed E-state index contributed by atoms with van der Waals surface area (Å²) in [6, 6.07) is 10.2. The Kier molecular flexibility index (Phi) is 15.7. The number of fused-ring (bicyclic) bond motifs is 1. The SMILES string of the molecule is CC(=O)c1c(C)c2cnc(Nc3ccc(N4CCN(CC(=O)NCCOCCOCCC(=O)Nc5ccccc5C(=O)Nc5nc(C)c([N+](=O)[O-])s5)CC4)cn3)nc2n(C2CCCC2)c1=O. The van der Waals surface area contributed by atoms with Crippen molar-refractivity contribution in [3.63, 3.8) is 0 Å². The number of benzene rings is 1. The fourth-order valence-electron chi connectivity index (χ4n) is 8.02. The highest BCUT2D eigenvalue weighted by atomic mass is 32.1. The number of thiazole rings is 1. The Labute approximate surface area is 383 Å². The summed E-state index contributed by atoms with van der Waals surface area (Å²) in [7, 11) is 0. The van der Waals surface area contributed by atoms with Crippen LogP contribution in [0.5, 0.6) is 0 Å². The Bertz CT molecular complexity index is 2640. The number of piperazine rings is 1. The number of ketones is 1. The fourth-order valence-corrected chi connectivity index (χ4v) is 8.80. The molecule has 66 heavy (non-hydrogen) atoms. The molecule has 3 amide bonds. The smallest absolute Gasteiger partial charge is 0.348 e. The van der Waals surface area contributed by atoms with Crippen molar-refractivity contribution in [3.8, 4) is 0 Å². The third-order valence-corrected chi connectivity index (χ3v) is 12.4. The average molecular weight is 925 g/mol. The highest BCUT2D eigenvalue weighted by Crippen LogP contribution is 2.33. The van der Waals surface area contributed by atoms with Gasteiger partial charge in [-0.1, -0.05) is 25.0 Å². The first-order chi connectivity index (χ1) is 31.9. The second-order valence-electron chi connectivity index (χ2n) is 15.9. The van der Waals surface area contributed by atoms with Gasteiger partial charge >= 0.3 is 5.00 Å². The van der Waals surface area contributed by atoms with Crippen LogP contribution in [0.3, 0.4) is 0 Å². The van der Waals surface area contributed by atoms with Crippen LogP contribution in [-0.2, 0) is 19.1 Å². The molecule has 1 aliphatic carbocycles. The largest absolute Gasteiger partial charge is 0.379 e. The first-order valence-electron chi connectivity index (χ1n) is 21.7. The Morgan fingerprint density at radius 1 is 0.894 bits per heavy atom. The van der Waals surface area contributed by atoms with Crippen molar-refractivity contribution >= 4 is 79.1 Å². The summed E-state index contributed by atoms with van der Waals surface area (Å²) in [6.07, 6.45) is 7.23. The molecule has 7 rings (SSSR count). The lowest BCUT2D eigenvalue weighted by molar-refractivity contribution is -0.380. The van der Waals surface area contributed by atoms with Crippen molar-refractivity contribution in [2.75, 3.05) is 86.5 Å². The molecular weight excluding hydrogens is 873 g/mol. The fraction of sp³-hybridized carbons (Fsp3) is 0.432. The molecule has 22 heteroatoms. The van der Waals surface area contributed by atoms with Gasteiger partial charge in [-0.05, 0) is 74.8 Å². The van der Waals surface area contributed by atoms with Gasteiger partial charge in [0.2, 0.25) is 17.8 Å². The summed E-state index contributed by atoms with van der Waals surface area (Å²) in [5.74, 6) is -0.451. The molecule has 2 fully saturated rings. The van der Waals surface area contributed by atoms with E-state index in [0.29, 0.717) is 67.7 Å². The normalized spacial score (nSPS) is 14.3. The van der Waals surface area contributed by atoms with Gasteiger partial charge in [0.1, 0.15) is 17.2 Å². The number of amides is 3. The maximum atomic E-state index is 13.6. The van der Waals surface area contributed by atoms with Gasteiger partial charge in [-0.2, -0.15) is 4.98 Å². The number of rotatable bonds is 20. The van der Waals surface area contributed by atoms with E-state index in [1.165, 1.54) is 19.9 Å². The van der Waals surface area contributed by atoms with Crippen LogP contribution in [0.4, 0.5) is 33.3 Å². The second-order valence-corrected chi connectivity index (χ2v) is 16.9. The summed E-state index contributed by atoms with van der Waals surface area (Å²) in [4.78, 5) is 96.9. The van der Waals surface area contributed by atoms with Crippen molar-refractivity contribution in [2.24, 2.45) is 0 Å². The van der Waals surface area contributed by atoms with Crippen LogP contribution in [-0.4, -0.2) is 124 Å². The van der Waals surface area contributed by atoms with Crippen LogP contribution < -0.4 is 31.7 Å². The lowest BCUT2D eigenvalue weighted by atomic mass is 10.0. The van der Waals surface area contributed by atoms with Gasteiger partial charge < -0.3 is 30.3 Å². The van der Waals surface area contributed by atoms with Crippen LogP contribution >= 0.6 is 11.3 Å². The van der Waals surface area contributed by atoms with E-state index in [9.17, 15) is 34.1 Å². The number of carbonyl (C=O) groups is 4. The Morgan fingerprint density at radius 2 is 1.64 bits per heavy atom. The molecule has 1 saturated heterocycles. The molecule has 0 radical (unpaired) electrons. The molecule has 21 nitrogen and oxygen atoms in total. The maximum Gasteiger partial charge on any atom is 0.348 e. The minimum atomic E-state index is -0.572. The third-order valence-electron chi connectivity index (χ3n) is 11.4. The first kappa shape index (κ1) is 47.2. The van der Waals surface area contributed by atoms with E-state index in [4.69, 9.17) is 14.5 Å². The third kappa shape index (κ3) is 11.7. The number of ether oxygens (including phenoxy) is 2. The van der Waals surface area contributed by atoms with Gasteiger partial charge in [-0.25, -0.2) is 15.0 Å². The van der Waals surface area contributed by atoms with Crippen LogP contribution in [0.2, 0.25) is 0 Å². The van der Waals surface area contributed by atoms with Crippen LogP contribution in [0.1, 0.15) is 77.0 Å². The molecular formula is C44H52N12O9S. The monoisotopic (exact) mass is 924 g/mol. The molecule has 5 heterocycles. The first-order valence-corrected chi connectivity index (χ1v) is 22.5. The van der Waals surface area contributed by atoms with E-state index in [-0.39, 0.29) is 94.6 Å². The number of pyridine rings is 2. The predicted molar refractivity (Wildman–Crippen MR) is 248 cm³/mol. The number of anilines is 5. The van der Waals surface area contributed by atoms with Crippen molar-refractivity contribution in [1.29, 1.82) is 0 Å². The van der Waals surface area contributed by atoms with Gasteiger partial charge in [0.25, 0.3) is 11.5 Å².